The molecule has 0 aromatic rings. The van der Waals surface area contributed by atoms with Gasteiger partial charge in [-0.2, -0.15) is 0 Å². The van der Waals surface area contributed by atoms with Crippen molar-refractivity contribution in [3.05, 3.63) is 0 Å². The Hall–Kier alpha value is -0.160. The summed E-state index contributed by atoms with van der Waals surface area (Å²) in [5.41, 5.74) is 0. The first kappa shape index (κ1) is 13.3. The summed E-state index contributed by atoms with van der Waals surface area (Å²) in [4.78, 5) is 4.83. The highest BCUT2D eigenvalue weighted by molar-refractivity contribution is 4.80. The molecular weight excluding hydrogens is 216 g/mol. The summed E-state index contributed by atoms with van der Waals surface area (Å²) < 4.78 is 5.82. The third kappa shape index (κ3) is 4.21. The van der Waals surface area contributed by atoms with E-state index < -0.39 is 0 Å². The predicted octanol–water partition coefficient (Wildman–Crippen LogP) is 0.410. The van der Waals surface area contributed by atoms with Crippen molar-refractivity contribution >= 4 is 0 Å². The smallest absolute Gasteiger partial charge is 0.0829 e. The molecule has 2 unspecified atom stereocenters. The second-order valence-electron chi connectivity index (χ2n) is 5.85. The molecule has 2 heterocycles. The molecule has 100 valence electrons. The first-order valence-corrected chi connectivity index (χ1v) is 6.88. The van der Waals surface area contributed by atoms with Crippen molar-refractivity contribution in [3.63, 3.8) is 0 Å². The molecule has 0 aliphatic carbocycles. The highest BCUT2D eigenvalue weighted by Gasteiger charge is 2.26. The predicted molar refractivity (Wildman–Crippen MR) is 68.1 cm³/mol. The van der Waals surface area contributed by atoms with Gasteiger partial charge in [0.15, 0.2) is 0 Å². The van der Waals surface area contributed by atoms with Gasteiger partial charge in [0, 0.05) is 39.3 Å². The highest BCUT2D eigenvalue weighted by Crippen LogP contribution is 2.13. The Morgan fingerprint density at radius 2 is 2.06 bits per heavy atom. The molecule has 2 aliphatic rings. The molecule has 4 heteroatoms. The van der Waals surface area contributed by atoms with Crippen molar-refractivity contribution in [1.82, 2.24) is 9.80 Å². The van der Waals surface area contributed by atoms with Crippen LogP contribution >= 0.6 is 0 Å². The summed E-state index contributed by atoms with van der Waals surface area (Å²) in [7, 11) is 0. The fourth-order valence-corrected chi connectivity index (χ4v) is 2.84. The minimum atomic E-state index is -0.120. The van der Waals surface area contributed by atoms with Crippen molar-refractivity contribution in [1.29, 1.82) is 0 Å². The summed E-state index contributed by atoms with van der Waals surface area (Å²) in [5.74, 6) is 0.724. The van der Waals surface area contributed by atoms with E-state index in [1.54, 1.807) is 0 Å². The van der Waals surface area contributed by atoms with Crippen LogP contribution in [0.25, 0.3) is 0 Å². The topological polar surface area (TPSA) is 35.9 Å². The molecule has 0 saturated carbocycles. The quantitative estimate of drug-likeness (QED) is 0.774. The zero-order chi connectivity index (χ0) is 12.3. The Kier molecular flexibility index (Phi) is 4.79. The van der Waals surface area contributed by atoms with E-state index in [9.17, 15) is 5.11 Å². The number of hydrogen-bond donors (Lipinski definition) is 1. The zero-order valence-corrected chi connectivity index (χ0v) is 11.1. The van der Waals surface area contributed by atoms with Crippen LogP contribution in [0, 0.1) is 5.92 Å². The van der Waals surface area contributed by atoms with Crippen molar-refractivity contribution in [2.24, 2.45) is 5.92 Å². The van der Waals surface area contributed by atoms with Crippen LogP contribution in [-0.2, 0) is 4.74 Å². The maximum atomic E-state index is 9.51. The average molecular weight is 242 g/mol. The van der Waals surface area contributed by atoms with Gasteiger partial charge in [-0.05, 0) is 12.3 Å². The number of rotatable bonds is 4. The number of likely N-dealkylation sites (tertiary alicyclic amines) is 1. The van der Waals surface area contributed by atoms with Crippen LogP contribution in [0.3, 0.4) is 0 Å². The number of β-amino-alcohol motifs (C(OH)–C–C–N with tert-alkyl or cyclic N) is 1. The molecule has 2 atom stereocenters. The molecule has 0 aromatic carbocycles. The molecule has 0 spiro atoms. The van der Waals surface area contributed by atoms with Gasteiger partial charge in [-0.25, -0.2) is 0 Å². The molecule has 0 bridgehead atoms. The van der Waals surface area contributed by atoms with Crippen LogP contribution in [0.1, 0.15) is 20.3 Å². The third-order valence-electron chi connectivity index (χ3n) is 3.56. The average Bonchev–Trinajstić information content (AvgIpc) is 2.63. The lowest BCUT2D eigenvalue weighted by Gasteiger charge is -2.35. The van der Waals surface area contributed by atoms with Gasteiger partial charge < -0.3 is 9.84 Å². The summed E-state index contributed by atoms with van der Waals surface area (Å²) in [5, 5.41) is 9.51. The van der Waals surface area contributed by atoms with E-state index >= 15 is 0 Å². The molecule has 1 N–H and O–H groups in total. The molecule has 0 aromatic heterocycles. The maximum Gasteiger partial charge on any atom is 0.0829 e. The minimum absolute atomic E-state index is 0.120. The molecule has 2 rings (SSSR count). The summed E-state index contributed by atoms with van der Waals surface area (Å²) in [6.45, 7) is 11.5. The van der Waals surface area contributed by atoms with E-state index in [4.69, 9.17) is 4.74 Å². The molecule has 2 saturated heterocycles. The first-order valence-electron chi connectivity index (χ1n) is 6.88. The fourth-order valence-electron chi connectivity index (χ4n) is 2.84. The van der Waals surface area contributed by atoms with Gasteiger partial charge in [0.1, 0.15) is 0 Å². The van der Waals surface area contributed by atoms with Crippen LogP contribution in [0.15, 0.2) is 0 Å². The van der Waals surface area contributed by atoms with Gasteiger partial charge >= 0.3 is 0 Å². The van der Waals surface area contributed by atoms with E-state index in [0.717, 1.165) is 51.7 Å². The number of ether oxygens (including phenoxy) is 1. The van der Waals surface area contributed by atoms with Gasteiger partial charge in [-0.15, -0.1) is 0 Å². The SMILES string of the molecule is CC(C)CN1CCOC(CN2CCC(O)C2)C1. The lowest BCUT2D eigenvalue weighted by atomic mass is 10.2. The highest BCUT2D eigenvalue weighted by atomic mass is 16.5. The van der Waals surface area contributed by atoms with Gasteiger partial charge in [0.25, 0.3) is 0 Å². The monoisotopic (exact) mass is 242 g/mol. The van der Waals surface area contributed by atoms with E-state index in [1.165, 1.54) is 6.54 Å². The molecule has 2 aliphatic heterocycles. The number of nitrogens with zero attached hydrogens (tertiary/aromatic N) is 2. The Labute approximate surface area is 105 Å². The zero-order valence-electron chi connectivity index (χ0n) is 11.1. The van der Waals surface area contributed by atoms with E-state index in [0.29, 0.717) is 6.10 Å². The number of aliphatic hydroxyl groups is 1. The Bertz CT molecular complexity index is 235. The molecule has 17 heavy (non-hydrogen) atoms. The third-order valence-corrected chi connectivity index (χ3v) is 3.56. The van der Waals surface area contributed by atoms with Crippen LogP contribution < -0.4 is 0 Å². The summed E-state index contributed by atoms with van der Waals surface area (Å²) in [6.07, 6.45) is 1.13. The molecular formula is C13H26N2O2. The normalized spacial score (nSPS) is 32.5. The van der Waals surface area contributed by atoms with Gasteiger partial charge in [-0.3, -0.25) is 9.80 Å². The summed E-state index contributed by atoms with van der Waals surface area (Å²) in [6, 6.07) is 0. The Morgan fingerprint density at radius 1 is 1.24 bits per heavy atom. The first-order chi connectivity index (χ1) is 8.13. The van der Waals surface area contributed by atoms with Crippen LogP contribution in [0.2, 0.25) is 0 Å². The largest absolute Gasteiger partial charge is 0.392 e. The van der Waals surface area contributed by atoms with Gasteiger partial charge in [0.2, 0.25) is 0 Å². The Balaban J connectivity index is 1.73. The van der Waals surface area contributed by atoms with Crippen molar-refractivity contribution < 1.29 is 9.84 Å². The fraction of sp³-hybridized carbons (Fsp3) is 1.00. The van der Waals surface area contributed by atoms with Gasteiger partial charge in [-0.1, -0.05) is 13.8 Å². The van der Waals surface area contributed by atoms with Crippen LogP contribution in [-0.4, -0.2) is 73.0 Å². The lowest BCUT2D eigenvalue weighted by Crippen LogP contribution is -2.48. The lowest BCUT2D eigenvalue weighted by molar-refractivity contribution is -0.0444. The van der Waals surface area contributed by atoms with Crippen molar-refractivity contribution in [2.75, 3.05) is 45.9 Å². The molecule has 4 nitrogen and oxygen atoms in total. The second kappa shape index (κ2) is 6.14. The maximum absolute atomic E-state index is 9.51. The number of aliphatic hydroxyl groups excluding tert-OH is 1. The minimum Gasteiger partial charge on any atom is -0.392 e. The molecule has 2 fully saturated rings. The van der Waals surface area contributed by atoms with Crippen LogP contribution in [0.4, 0.5) is 0 Å². The van der Waals surface area contributed by atoms with E-state index in [1.807, 2.05) is 0 Å². The molecule has 0 radical (unpaired) electrons. The van der Waals surface area contributed by atoms with Crippen LogP contribution in [0.5, 0.6) is 0 Å². The molecule has 0 amide bonds. The number of morpholine rings is 1. The van der Waals surface area contributed by atoms with Gasteiger partial charge in [0.05, 0.1) is 18.8 Å². The second-order valence-corrected chi connectivity index (χ2v) is 5.85. The van der Waals surface area contributed by atoms with Crippen molar-refractivity contribution in [2.45, 2.75) is 32.5 Å². The van der Waals surface area contributed by atoms with E-state index in [2.05, 4.69) is 23.6 Å². The van der Waals surface area contributed by atoms with E-state index in [-0.39, 0.29) is 6.10 Å². The Morgan fingerprint density at radius 3 is 2.71 bits per heavy atom. The summed E-state index contributed by atoms with van der Waals surface area (Å²) >= 11 is 0. The number of hydrogen-bond acceptors (Lipinski definition) is 4. The van der Waals surface area contributed by atoms with Crippen molar-refractivity contribution in [3.8, 4) is 0 Å². The standard InChI is InChI=1S/C13H26N2O2/c1-11(2)7-15-5-6-17-13(10-15)9-14-4-3-12(16)8-14/h11-13,16H,3-10H2,1-2H3.